The zero-order valence-corrected chi connectivity index (χ0v) is 14.1. The van der Waals surface area contributed by atoms with E-state index < -0.39 is 0 Å². The van der Waals surface area contributed by atoms with Crippen LogP contribution < -0.4 is 0 Å². The van der Waals surface area contributed by atoms with Crippen LogP contribution in [0.1, 0.15) is 44.8 Å². The Balaban J connectivity index is 2.35. The van der Waals surface area contributed by atoms with Crippen LogP contribution >= 0.6 is 11.8 Å². The molecule has 20 heavy (non-hydrogen) atoms. The fourth-order valence-electron chi connectivity index (χ4n) is 2.01. The van der Waals surface area contributed by atoms with Gasteiger partial charge in [-0.05, 0) is 56.3 Å². The highest BCUT2D eigenvalue weighted by Gasteiger charge is 2.07. The van der Waals surface area contributed by atoms with E-state index in [9.17, 15) is 5.11 Å². The average Bonchev–Trinajstić information content (AvgIpc) is 2.41. The van der Waals surface area contributed by atoms with E-state index in [-0.39, 0.29) is 6.10 Å². The summed E-state index contributed by atoms with van der Waals surface area (Å²) in [5, 5.41) is 10.1. The molecule has 0 aliphatic heterocycles. The minimum Gasteiger partial charge on any atom is -0.388 e. The summed E-state index contributed by atoms with van der Waals surface area (Å²) in [4.78, 5) is 3.40. The van der Waals surface area contributed by atoms with Gasteiger partial charge in [-0.1, -0.05) is 32.4 Å². The summed E-state index contributed by atoms with van der Waals surface area (Å²) in [7, 11) is 4.06. The number of hydrogen-bond acceptors (Lipinski definition) is 3. The van der Waals surface area contributed by atoms with Crippen molar-refractivity contribution in [3.63, 3.8) is 0 Å². The summed E-state index contributed by atoms with van der Waals surface area (Å²) in [5.74, 6) is 1.98. The quantitative estimate of drug-likeness (QED) is 0.545. The molecular weight excluding hydrogens is 266 g/mol. The first-order valence-electron chi connectivity index (χ1n) is 7.54. The van der Waals surface area contributed by atoms with Gasteiger partial charge in [0.25, 0.3) is 0 Å². The molecule has 3 heteroatoms. The van der Waals surface area contributed by atoms with Crippen LogP contribution in [0.3, 0.4) is 0 Å². The molecule has 0 aromatic heterocycles. The van der Waals surface area contributed by atoms with Crippen molar-refractivity contribution in [1.82, 2.24) is 4.90 Å². The summed E-state index contributed by atoms with van der Waals surface area (Å²) in [6, 6.07) is 8.39. The number of thioether (sulfide) groups is 1. The number of aliphatic hydroxyl groups excluding tert-OH is 1. The molecule has 1 N–H and O–H groups in total. The fraction of sp³-hybridized carbons (Fsp3) is 0.647. The summed E-state index contributed by atoms with van der Waals surface area (Å²) in [6.07, 6.45) is 3.01. The van der Waals surface area contributed by atoms with Gasteiger partial charge in [0.2, 0.25) is 0 Å². The molecule has 0 radical (unpaired) electrons. The van der Waals surface area contributed by atoms with E-state index in [1.54, 1.807) is 0 Å². The van der Waals surface area contributed by atoms with E-state index in [0.717, 1.165) is 24.4 Å². The van der Waals surface area contributed by atoms with Crippen LogP contribution in [0.25, 0.3) is 0 Å². The first kappa shape index (κ1) is 17.5. The molecule has 0 bridgehead atoms. The van der Waals surface area contributed by atoms with Gasteiger partial charge in [-0.25, -0.2) is 0 Å². The zero-order chi connectivity index (χ0) is 15.0. The van der Waals surface area contributed by atoms with Crippen molar-refractivity contribution in [2.45, 2.75) is 44.1 Å². The predicted octanol–water partition coefficient (Wildman–Crippen LogP) is 4.20. The van der Waals surface area contributed by atoms with Gasteiger partial charge in [0, 0.05) is 11.4 Å². The molecule has 0 amide bonds. The van der Waals surface area contributed by atoms with Gasteiger partial charge in [-0.2, -0.15) is 0 Å². The Bertz CT molecular complexity index is 362. The lowest BCUT2D eigenvalue weighted by Crippen LogP contribution is -2.15. The monoisotopic (exact) mass is 295 g/mol. The Labute approximate surface area is 128 Å². The van der Waals surface area contributed by atoms with Crippen molar-refractivity contribution in [3.8, 4) is 0 Å². The summed E-state index contributed by atoms with van der Waals surface area (Å²) in [5.41, 5.74) is 1.03. The molecule has 1 aromatic carbocycles. The molecule has 0 fully saturated rings. The Morgan fingerprint density at radius 2 is 1.75 bits per heavy atom. The van der Waals surface area contributed by atoms with E-state index in [2.05, 4.69) is 43.0 Å². The lowest BCUT2D eigenvalue weighted by Gasteiger charge is -2.15. The third-order valence-electron chi connectivity index (χ3n) is 3.31. The van der Waals surface area contributed by atoms with Crippen LogP contribution in [0, 0.1) is 5.92 Å². The highest BCUT2D eigenvalue weighted by atomic mass is 32.2. The van der Waals surface area contributed by atoms with E-state index >= 15 is 0 Å². The van der Waals surface area contributed by atoms with Gasteiger partial charge in [0.15, 0.2) is 0 Å². The van der Waals surface area contributed by atoms with Gasteiger partial charge in [-0.3, -0.25) is 0 Å². The van der Waals surface area contributed by atoms with E-state index in [0.29, 0.717) is 0 Å². The number of hydrogen-bond donors (Lipinski definition) is 1. The summed E-state index contributed by atoms with van der Waals surface area (Å²) < 4.78 is 0. The molecule has 0 heterocycles. The molecule has 1 aromatic rings. The second-order valence-corrected chi connectivity index (χ2v) is 7.23. The second-order valence-electron chi connectivity index (χ2n) is 6.06. The van der Waals surface area contributed by atoms with Crippen LogP contribution in [0.2, 0.25) is 0 Å². The standard InChI is InChI=1S/C17H29NOS/c1-14(2)6-5-13-20-16-9-7-15(8-10-16)17(19)11-12-18(3)4/h7-10,14,17,19H,5-6,11-13H2,1-4H3. The van der Waals surface area contributed by atoms with Crippen LogP contribution in [-0.2, 0) is 0 Å². The van der Waals surface area contributed by atoms with Gasteiger partial charge in [0.05, 0.1) is 6.10 Å². The summed E-state index contributed by atoms with van der Waals surface area (Å²) >= 11 is 1.91. The normalized spacial score (nSPS) is 13.2. The van der Waals surface area contributed by atoms with Crippen LogP contribution in [0.4, 0.5) is 0 Å². The Kier molecular flexibility index (Phi) is 8.27. The van der Waals surface area contributed by atoms with Gasteiger partial charge in [0.1, 0.15) is 0 Å². The first-order valence-corrected chi connectivity index (χ1v) is 8.53. The largest absolute Gasteiger partial charge is 0.388 e. The molecule has 2 nitrogen and oxygen atoms in total. The van der Waals surface area contributed by atoms with Crippen LogP contribution in [0.15, 0.2) is 29.2 Å². The van der Waals surface area contributed by atoms with E-state index in [1.165, 1.54) is 23.5 Å². The number of rotatable bonds is 9. The molecule has 0 aliphatic carbocycles. The van der Waals surface area contributed by atoms with Crippen molar-refractivity contribution < 1.29 is 5.11 Å². The second kappa shape index (κ2) is 9.43. The zero-order valence-electron chi connectivity index (χ0n) is 13.3. The van der Waals surface area contributed by atoms with Crippen LogP contribution in [0.5, 0.6) is 0 Å². The summed E-state index contributed by atoms with van der Waals surface area (Å²) in [6.45, 7) is 5.45. The van der Waals surface area contributed by atoms with Gasteiger partial charge in [-0.15, -0.1) is 11.8 Å². The van der Waals surface area contributed by atoms with Gasteiger partial charge < -0.3 is 10.0 Å². The number of nitrogens with zero attached hydrogens (tertiary/aromatic N) is 1. The molecule has 0 spiro atoms. The molecular formula is C17H29NOS. The maximum Gasteiger partial charge on any atom is 0.0802 e. The van der Waals surface area contributed by atoms with E-state index in [4.69, 9.17) is 0 Å². The molecule has 1 rings (SSSR count). The van der Waals surface area contributed by atoms with Crippen molar-refractivity contribution >= 4 is 11.8 Å². The van der Waals surface area contributed by atoms with Crippen molar-refractivity contribution in [2.75, 3.05) is 26.4 Å². The smallest absolute Gasteiger partial charge is 0.0802 e. The Hall–Kier alpha value is -0.510. The fourth-order valence-corrected chi connectivity index (χ4v) is 2.89. The SMILES string of the molecule is CC(C)CCCSc1ccc(C(O)CCN(C)C)cc1. The molecule has 0 aliphatic rings. The maximum absolute atomic E-state index is 10.1. The van der Waals surface area contributed by atoms with Crippen molar-refractivity contribution in [1.29, 1.82) is 0 Å². The number of aliphatic hydroxyl groups is 1. The molecule has 1 unspecified atom stereocenters. The maximum atomic E-state index is 10.1. The highest BCUT2D eigenvalue weighted by molar-refractivity contribution is 7.99. The van der Waals surface area contributed by atoms with Crippen molar-refractivity contribution in [3.05, 3.63) is 29.8 Å². The third kappa shape index (κ3) is 7.32. The topological polar surface area (TPSA) is 23.5 Å². The molecule has 114 valence electrons. The van der Waals surface area contributed by atoms with Gasteiger partial charge >= 0.3 is 0 Å². The average molecular weight is 295 g/mol. The highest BCUT2D eigenvalue weighted by Crippen LogP contribution is 2.24. The van der Waals surface area contributed by atoms with Crippen LogP contribution in [-0.4, -0.2) is 36.4 Å². The lowest BCUT2D eigenvalue weighted by atomic mass is 10.1. The molecule has 0 saturated carbocycles. The molecule has 1 atom stereocenters. The minimum absolute atomic E-state index is 0.350. The Morgan fingerprint density at radius 3 is 2.30 bits per heavy atom. The third-order valence-corrected chi connectivity index (χ3v) is 4.41. The minimum atomic E-state index is -0.350. The molecule has 0 saturated heterocycles. The number of benzene rings is 1. The van der Waals surface area contributed by atoms with E-state index in [1.807, 2.05) is 25.9 Å². The predicted molar refractivity (Wildman–Crippen MR) is 89.4 cm³/mol. The van der Waals surface area contributed by atoms with Crippen molar-refractivity contribution in [2.24, 2.45) is 5.92 Å². The first-order chi connectivity index (χ1) is 9.49. The Morgan fingerprint density at radius 1 is 1.10 bits per heavy atom. The lowest BCUT2D eigenvalue weighted by molar-refractivity contribution is 0.154.